The largest absolute Gasteiger partial charge is 0.473 e. The van der Waals surface area contributed by atoms with Crippen LogP contribution in [0.15, 0.2) is 36.8 Å². The van der Waals surface area contributed by atoms with Gasteiger partial charge in [-0.25, -0.2) is 15.0 Å². The zero-order chi connectivity index (χ0) is 22.8. The summed E-state index contributed by atoms with van der Waals surface area (Å²) in [4.78, 5) is 24.0. The number of aromatic amines is 1. The number of benzene rings is 1. The molecule has 1 unspecified atom stereocenters. The third-order valence-corrected chi connectivity index (χ3v) is 6.01. The molecule has 5 rings (SSSR count). The van der Waals surface area contributed by atoms with Gasteiger partial charge in [0.15, 0.2) is 0 Å². The van der Waals surface area contributed by atoms with Crippen molar-refractivity contribution in [3.63, 3.8) is 0 Å². The Kier molecular flexibility index (Phi) is 6.06. The fourth-order valence-corrected chi connectivity index (χ4v) is 4.22. The number of likely N-dealkylation sites (tertiary alicyclic amines) is 1. The third-order valence-electron chi connectivity index (χ3n) is 6.01. The van der Waals surface area contributed by atoms with Gasteiger partial charge in [-0.15, -0.1) is 0 Å². The van der Waals surface area contributed by atoms with Crippen LogP contribution in [0.1, 0.15) is 19.8 Å². The number of piperidine rings is 1. The zero-order valence-corrected chi connectivity index (χ0v) is 19.2. The molecule has 9 nitrogen and oxygen atoms in total. The molecule has 1 saturated heterocycles. The van der Waals surface area contributed by atoms with Gasteiger partial charge in [0.2, 0.25) is 11.8 Å². The smallest absolute Gasteiger partial charge is 0.233 e. The molecule has 4 aromatic rings. The monoisotopic (exact) mass is 447 g/mol. The Bertz CT molecular complexity index is 1250. The highest BCUT2D eigenvalue weighted by Gasteiger charge is 2.19. The minimum atomic E-state index is 0.117. The Balaban J connectivity index is 1.39. The van der Waals surface area contributed by atoms with Crippen molar-refractivity contribution in [2.45, 2.75) is 31.9 Å². The molecule has 0 spiro atoms. The Morgan fingerprint density at radius 1 is 1.15 bits per heavy atom. The van der Waals surface area contributed by atoms with Gasteiger partial charge in [0.05, 0.1) is 23.8 Å². The lowest BCUT2D eigenvalue weighted by Gasteiger charge is -2.28. The minimum Gasteiger partial charge on any atom is -0.473 e. The molecule has 172 valence electrons. The van der Waals surface area contributed by atoms with Crippen LogP contribution in [0, 0.1) is 0 Å². The standard InChI is InChI=1S/C24H29N7O2/c1-15(14-32-3)28-24-27-12-19-18(11-26-23(19)30-24)16-4-5-20-21(10-16)29-22(13-25-20)33-17-6-8-31(2)9-7-17/h4-5,10-13,15,17H,6-9,14H2,1-3H3,(H2,26,27,28,30). The predicted molar refractivity (Wildman–Crippen MR) is 129 cm³/mol. The molecular formula is C24H29N7O2. The molecule has 1 aliphatic rings. The molecule has 0 bridgehead atoms. The van der Waals surface area contributed by atoms with Crippen LogP contribution in [0.25, 0.3) is 33.2 Å². The molecule has 4 heterocycles. The molecule has 3 aromatic heterocycles. The minimum absolute atomic E-state index is 0.117. The second-order valence-corrected chi connectivity index (χ2v) is 8.69. The molecule has 1 fully saturated rings. The summed E-state index contributed by atoms with van der Waals surface area (Å²) < 4.78 is 11.3. The lowest BCUT2D eigenvalue weighted by Crippen LogP contribution is -2.35. The summed E-state index contributed by atoms with van der Waals surface area (Å²) in [5.41, 5.74) is 4.46. The number of rotatable bonds is 7. The van der Waals surface area contributed by atoms with E-state index in [4.69, 9.17) is 14.5 Å². The number of methoxy groups -OCH3 is 1. The first kappa shape index (κ1) is 21.5. The second-order valence-electron chi connectivity index (χ2n) is 8.69. The number of H-pyrrole nitrogens is 1. The van der Waals surface area contributed by atoms with Crippen molar-refractivity contribution in [2.24, 2.45) is 0 Å². The highest BCUT2D eigenvalue weighted by atomic mass is 16.5. The van der Waals surface area contributed by atoms with Crippen LogP contribution >= 0.6 is 0 Å². The Labute approximate surface area is 192 Å². The van der Waals surface area contributed by atoms with Gasteiger partial charge in [-0.05, 0) is 44.5 Å². The molecule has 0 amide bonds. The van der Waals surface area contributed by atoms with E-state index in [1.54, 1.807) is 13.3 Å². The van der Waals surface area contributed by atoms with Crippen LogP contribution in [0.4, 0.5) is 5.95 Å². The number of anilines is 1. The van der Waals surface area contributed by atoms with Crippen molar-refractivity contribution in [1.82, 2.24) is 29.8 Å². The van der Waals surface area contributed by atoms with Crippen LogP contribution in [0.2, 0.25) is 0 Å². The first-order valence-corrected chi connectivity index (χ1v) is 11.3. The first-order chi connectivity index (χ1) is 16.1. The lowest BCUT2D eigenvalue weighted by atomic mass is 10.1. The molecule has 2 N–H and O–H groups in total. The zero-order valence-electron chi connectivity index (χ0n) is 19.2. The first-order valence-electron chi connectivity index (χ1n) is 11.3. The second kappa shape index (κ2) is 9.29. The molecule has 9 heteroatoms. The summed E-state index contributed by atoms with van der Waals surface area (Å²) in [6.07, 6.45) is 7.72. The van der Waals surface area contributed by atoms with Gasteiger partial charge in [-0.3, -0.25) is 0 Å². The van der Waals surface area contributed by atoms with Gasteiger partial charge in [-0.2, -0.15) is 4.98 Å². The van der Waals surface area contributed by atoms with E-state index < -0.39 is 0 Å². The van der Waals surface area contributed by atoms with Gasteiger partial charge >= 0.3 is 0 Å². The van der Waals surface area contributed by atoms with E-state index in [0.29, 0.717) is 18.4 Å². The number of nitrogens with zero attached hydrogens (tertiary/aromatic N) is 5. The van der Waals surface area contributed by atoms with Crippen LogP contribution < -0.4 is 10.1 Å². The van der Waals surface area contributed by atoms with E-state index in [2.05, 4.69) is 37.2 Å². The van der Waals surface area contributed by atoms with Crippen LogP contribution in [-0.4, -0.2) is 75.8 Å². The summed E-state index contributed by atoms with van der Waals surface area (Å²) in [6.45, 7) is 4.69. The summed E-state index contributed by atoms with van der Waals surface area (Å²) in [6, 6.07) is 6.19. The number of fused-ring (bicyclic) bond motifs is 2. The van der Waals surface area contributed by atoms with Gasteiger partial charge in [0, 0.05) is 49.6 Å². The van der Waals surface area contributed by atoms with Crippen LogP contribution in [0.5, 0.6) is 5.88 Å². The van der Waals surface area contributed by atoms with Crippen molar-refractivity contribution >= 4 is 28.0 Å². The number of nitrogens with one attached hydrogen (secondary N) is 2. The topological polar surface area (TPSA) is 101 Å². The van der Waals surface area contributed by atoms with Crippen molar-refractivity contribution in [2.75, 3.05) is 39.2 Å². The molecule has 1 atom stereocenters. The van der Waals surface area contributed by atoms with Crippen molar-refractivity contribution in [3.05, 3.63) is 36.8 Å². The lowest BCUT2D eigenvalue weighted by molar-refractivity contribution is 0.110. The summed E-state index contributed by atoms with van der Waals surface area (Å²) in [5.74, 6) is 1.15. The van der Waals surface area contributed by atoms with Crippen LogP contribution in [-0.2, 0) is 4.74 Å². The maximum atomic E-state index is 6.13. The molecular weight excluding hydrogens is 418 g/mol. The maximum Gasteiger partial charge on any atom is 0.233 e. The number of aromatic nitrogens is 5. The third kappa shape index (κ3) is 4.74. The van der Waals surface area contributed by atoms with E-state index in [1.165, 1.54) is 0 Å². The maximum absolute atomic E-state index is 6.13. The van der Waals surface area contributed by atoms with Crippen LogP contribution in [0.3, 0.4) is 0 Å². The normalized spacial score (nSPS) is 16.3. The van der Waals surface area contributed by atoms with Gasteiger partial charge < -0.3 is 24.7 Å². The quantitative estimate of drug-likeness (QED) is 0.444. The molecule has 1 aliphatic heterocycles. The van der Waals surface area contributed by atoms with Crippen molar-refractivity contribution < 1.29 is 9.47 Å². The van der Waals surface area contributed by atoms with Crippen molar-refractivity contribution in [1.29, 1.82) is 0 Å². The summed E-state index contributed by atoms with van der Waals surface area (Å²) in [7, 11) is 3.82. The number of hydrogen-bond acceptors (Lipinski definition) is 8. The average Bonchev–Trinajstić information content (AvgIpc) is 3.23. The van der Waals surface area contributed by atoms with Gasteiger partial charge in [0.1, 0.15) is 11.8 Å². The SMILES string of the molecule is COCC(C)Nc1ncc2c(-c3ccc4ncc(OC5CCN(C)CC5)nc4c3)c[nH]c2n1. The van der Waals surface area contributed by atoms with E-state index in [1.807, 2.05) is 37.5 Å². The van der Waals surface area contributed by atoms with Gasteiger partial charge in [-0.1, -0.05) is 6.07 Å². The fraction of sp³-hybridized carbons (Fsp3) is 0.417. The summed E-state index contributed by atoms with van der Waals surface area (Å²) in [5, 5.41) is 4.20. The number of hydrogen-bond donors (Lipinski definition) is 2. The Morgan fingerprint density at radius 3 is 2.82 bits per heavy atom. The average molecular weight is 448 g/mol. The Hall–Kier alpha value is -3.30. The Morgan fingerprint density at radius 2 is 2.00 bits per heavy atom. The van der Waals surface area contributed by atoms with E-state index >= 15 is 0 Å². The highest BCUT2D eigenvalue weighted by Crippen LogP contribution is 2.30. The predicted octanol–water partition coefficient (Wildman–Crippen LogP) is 3.49. The van der Waals surface area contributed by atoms with Crippen molar-refractivity contribution in [3.8, 4) is 17.0 Å². The molecule has 0 aliphatic carbocycles. The van der Waals surface area contributed by atoms with E-state index in [9.17, 15) is 0 Å². The molecule has 1 aromatic carbocycles. The molecule has 33 heavy (non-hydrogen) atoms. The highest BCUT2D eigenvalue weighted by molar-refractivity contribution is 5.95. The summed E-state index contributed by atoms with van der Waals surface area (Å²) >= 11 is 0. The fourth-order valence-electron chi connectivity index (χ4n) is 4.22. The number of ether oxygens (including phenoxy) is 2. The van der Waals surface area contributed by atoms with E-state index in [0.717, 1.165) is 59.1 Å². The molecule has 0 saturated carbocycles. The molecule has 0 radical (unpaired) electrons. The van der Waals surface area contributed by atoms with E-state index in [-0.39, 0.29) is 12.1 Å². The van der Waals surface area contributed by atoms with Gasteiger partial charge in [0.25, 0.3) is 0 Å².